The lowest BCUT2D eigenvalue weighted by atomic mass is 10.1. The first-order chi connectivity index (χ1) is 10.0. The molecule has 0 bridgehead atoms. The molecule has 1 aromatic heterocycles. The molecule has 0 atom stereocenters. The van der Waals surface area contributed by atoms with Crippen LogP contribution >= 0.6 is 11.6 Å². The molecule has 7 heteroatoms. The summed E-state index contributed by atoms with van der Waals surface area (Å²) in [5.41, 5.74) is 1.17. The predicted molar refractivity (Wildman–Crippen MR) is 79.7 cm³/mol. The van der Waals surface area contributed by atoms with Crippen LogP contribution in [0.5, 0.6) is 0 Å². The molecule has 1 heterocycles. The second-order valence-corrected chi connectivity index (χ2v) is 4.67. The number of nitro groups is 1. The van der Waals surface area contributed by atoms with Crippen molar-refractivity contribution in [3.8, 4) is 0 Å². The van der Waals surface area contributed by atoms with Crippen LogP contribution in [0.3, 0.4) is 0 Å². The highest BCUT2D eigenvalue weighted by Crippen LogP contribution is 2.22. The lowest BCUT2D eigenvalue weighted by Gasteiger charge is -2.06. The zero-order valence-corrected chi connectivity index (χ0v) is 11.9. The topological polar surface area (TPSA) is 85.1 Å². The molecule has 0 saturated carbocycles. The van der Waals surface area contributed by atoms with E-state index < -0.39 is 10.8 Å². The molecule has 1 aromatic carbocycles. The Hall–Kier alpha value is -2.47. The van der Waals surface area contributed by atoms with Gasteiger partial charge < -0.3 is 5.32 Å². The highest BCUT2D eigenvalue weighted by Gasteiger charge is 2.21. The van der Waals surface area contributed by atoms with Crippen molar-refractivity contribution in [3.63, 3.8) is 0 Å². The summed E-state index contributed by atoms with van der Waals surface area (Å²) in [4.78, 5) is 26.0. The maximum absolute atomic E-state index is 12.1. The number of rotatable bonds is 4. The number of hydrogen-bond acceptors (Lipinski definition) is 4. The third-order valence-electron chi connectivity index (χ3n) is 2.91. The third kappa shape index (κ3) is 3.55. The third-order valence-corrected chi connectivity index (χ3v) is 3.12. The fourth-order valence-electron chi connectivity index (χ4n) is 1.77. The van der Waals surface area contributed by atoms with Crippen molar-refractivity contribution in [2.75, 3.05) is 5.32 Å². The van der Waals surface area contributed by atoms with Crippen LogP contribution in [-0.4, -0.2) is 15.8 Å². The molecule has 0 aliphatic carbocycles. The van der Waals surface area contributed by atoms with Crippen LogP contribution in [0.1, 0.15) is 22.8 Å². The number of nitrogens with zero attached hydrogens (tertiary/aromatic N) is 2. The largest absolute Gasteiger partial charge is 0.322 e. The van der Waals surface area contributed by atoms with Crippen LogP contribution in [0.4, 0.5) is 11.4 Å². The van der Waals surface area contributed by atoms with E-state index in [4.69, 9.17) is 11.6 Å². The van der Waals surface area contributed by atoms with E-state index in [0.717, 1.165) is 18.2 Å². The average Bonchev–Trinajstić information content (AvgIpc) is 2.47. The monoisotopic (exact) mass is 305 g/mol. The van der Waals surface area contributed by atoms with Gasteiger partial charge >= 0.3 is 0 Å². The molecular formula is C14H12ClN3O3. The molecule has 21 heavy (non-hydrogen) atoms. The molecule has 1 N–H and O–H groups in total. The molecule has 0 aliphatic heterocycles. The highest BCUT2D eigenvalue weighted by atomic mass is 35.5. The standard InChI is InChI=1S/C14H12ClN3O3/c1-2-9-3-5-10(6-4-9)17-14(19)11-7-13(15)16-8-12(11)18(20)21/h3-8H,2H2,1H3,(H,17,19). The number of nitrogens with one attached hydrogen (secondary N) is 1. The number of carbonyl (C=O) groups is 1. The fraction of sp³-hybridized carbons (Fsp3) is 0.143. The van der Waals surface area contributed by atoms with E-state index in [-0.39, 0.29) is 16.4 Å². The van der Waals surface area contributed by atoms with Crippen molar-refractivity contribution in [2.45, 2.75) is 13.3 Å². The predicted octanol–water partition coefficient (Wildman–Crippen LogP) is 3.46. The summed E-state index contributed by atoms with van der Waals surface area (Å²) in [5, 5.41) is 13.5. The molecule has 6 nitrogen and oxygen atoms in total. The van der Waals surface area contributed by atoms with Crippen molar-refractivity contribution in [1.29, 1.82) is 0 Å². The van der Waals surface area contributed by atoms with Gasteiger partial charge in [0.2, 0.25) is 0 Å². The molecule has 0 fully saturated rings. The summed E-state index contributed by atoms with van der Waals surface area (Å²) in [5.74, 6) is -0.602. The van der Waals surface area contributed by atoms with Crippen molar-refractivity contribution in [2.24, 2.45) is 0 Å². The Morgan fingerprint density at radius 3 is 2.62 bits per heavy atom. The van der Waals surface area contributed by atoms with E-state index in [0.29, 0.717) is 5.69 Å². The normalized spacial score (nSPS) is 10.2. The summed E-state index contributed by atoms with van der Waals surface area (Å²) in [6.07, 6.45) is 1.86. The number of aryl methyl sites for hydroxylation is 1. The lowest BCUT2D eigenvalue weighted by molar-refractivity contribution is -0.385. The molecule has 0 radical (unpaired) electrons. The minimum atomic E-state index is -0.668. The molecule has 0 aliphatic rings. The Morgan fingerprint density at radius 1 is 1.38 bits per heavy atom. The van der Waals surface area contributed by atoms with Crippen molar-refractivity contribution in [3.05, 3.63) is 62.9 Å². The quantitative estimate of drug-likeness (QED) is 0.532. The molecule has 0 spiro atoms. The highest BCUT2D eigenvalue weighted by molar-refractivity contribution is 6.30. The van der Waals surface area contributed by atoms with Gasteiger partial charge in [0.15, 0.2) is 0 Å². The number of amides is 1. The summed E-state index contributed by atoms with van der Waals surface area (Å²) < 4.78 is 0. The fourth-order valence-corrected chi connectivity index (χ4v) is 1.93. The smallest absolute Gasteiger partial charge is 0.300 e. The molecule has 2 aromatic rings. The zero-order valence-electron chi connectivity index (χ0n) is 11.2. The maximum Gasteiger partial charge on any atom is 0.300 e. The SMILES string of the molecule is CCc1ccc(NC(=O)c2cc(Cl)ncc2[N+](=O)[O-])cc1. The number of halogens is 1. The van der Waals surface area contributed by atoms with Gasteiger partial charge in [-0.25, -0.2) is 4.98 Å². The maximum atomic E-state index is 12.1. The number of benzene rings is 1. The van der Waals surface area contributed by atoms with Gasteiger partial charge in [-0.15, -0.1) is 0 Å². The van der Waals surface area contributed by atoms with Crippen LogP contribution in [0, 0.1) is 10.1 Å². The Labute approximate surface area is 125 Å². The Kier molecular flexibility index (Phi) is 4.49. The van der Waals surface area contributed by atoms with Gasteiger partial charge in [0.1, 0.15) is 16.9 Å². The van der Waals surface area contributed by atoms with Gasteiger partial charge in [-0.05, 0) is 30.2 Å². The van der Waals surface area contributed by atoms with Gasteiger partial charge in [-0.3, -0.25) is 14.9 Å². The van der Waals surface area contributed by atoms with Gasteiger partial charge in [0.25, 0.3) is 11.6 Å². The van der Waals surface area contributed by atoms with E-state index in [1.54, 1.807) is 12.1 Å². The van der Waals surface area contributed by atoms with Gasteiger partial charge in [0, 0.05) is 5.69 Å². The van der Waals surface area contributed by atoms with E-state index in [1.165, 1.54) is 6.07 Å². The van der Waals surface area contributed by atoms with Crippen LogP contribution in [-0.2, 0) is 6.42 Å². The zero-order chi connectivity index (χ0) is 15.4. The van der Waals surface area contributed by atoms with Crippen LogP contribution < -0.4 is 5.32 Å². The van der Waals surface area contributed by atoms with Gasteiger partial charge in [-0.1, -0.05) is 30.7 Å². The molecule has 0 saturated heterocycles. The summed E-state index contributed by atoms with van der Waals surface area (Å²) in [6, 6.07) is 8.42. The van der Waals surface area contributed by atoms with E-state index >= 15 is 0 Å². The molecular weight excluding hydrogens is 294 g/mol. The number of aromatic nitrogens is 1. The van der Waals surface area contributed by atoms with Crippen LogP contribution in [0.25, 0.3) is 0 Å². The Balaban J connectivity index is 2.27. The molecule has 1 amide bonds. The summed E-state index contributed by atoms with van der Waals surface area (Å²) in [7, 11) is 0. The van der Waals surface area contributed by atoms with Gasteiger partial charge in [0.05, 0.1) is 4.92 Å². The number of hydrogen-bond donors (Lipinski definition) is 1. The first kappa shape index (κ1) is 14.9. The Bertz CT molecular complexity index is 686. The minimum absolute atomic E-state index is 0.0204. The Morgan fingerprint density at radius 2 is 2.05 bits per heavy atom. The van der Waals surface area contributed by atoms with E-state index in [2.05, 4.69) is 10.3 Å². The number of carbonyl (C=O) groups excluding carboxylic acids is 1. The van der Waals surface area contributed by atoms with Crippen molar-refractivity contribution >= 4 is 28.9 Å². The summed E-state index contributed by atoms with van der Waals surface area (Å²) in [6.45, 7) is 2.02. The number of pyridine rings is 1. The minimum Gasteiger partial charge on any atom is -0.322 e. The first-order valence-electron chi connectivity index (χ1n) is 6.21. The molecule has 2 rings (SSSR count). The average molecular weight is 306 g/mol. The van der Waals surface area contributed by atoms with Crippen LogP contribution in [0.15, 0.2) is 36.5 Å². The van der Waals surface area contributed by atoms with Crippen LogP contribution in [0.2, 0.25) is 5.15 Å². The van der Waals surface area contributed by atoms with E-state index in [1.807, 2.05) is 19.1 Å². The number of anilines is 1. The second-order valence-electron chi connectivity index (χ2n) is 4.29. The van der Waals surface area contributed by atoms with Gasteiger partial charge in [-0.2, -0.15) is 0 Å². The van der Waals surface area contributed by atoms with Crippen molar-refractivity contribution in [1.82, 2.24) is 4.98 Å². The second kappa shape index (κ2) is 6.32. The molecule has 0 unspecified atom stereocenters. The lowest BCUT2D eigenvalue weighted by Crippen LogP contribution is -2.14. The molecule has 108 valence electrons. The van der Waals surface area contributed by atoms with E-state index in [9.17, 15) is 14.9 Å². The van der Waals surface area contributed by atoms with Crippen molar-refractivity contribution < 1.29 is 9.72 Å². The summed E-state index contributed by atoms with van der Waals surface area (Å²) >= 11 is 5.69. The first-order valence-corrected chi connectivity index (χ1v) is 6.59.